The molecule has 19 heavy (non-hydrogen) atoms. The van der Waals surface area contributed by atoms with E-state index >= 15 is 0 Å². The highest BCUT2D eigenvalue weighted by Gasteiger charge is 2.22. The summed E-state index contributed by atoms with van der Waals surface area (Å²) in [6.07, 6.45) is 2.46. The molecule has 1 heterocycles. The molecule has 2 rings (SSSR count). The lowest BCUT2D eigenvalue weighted by molar-refractivity contribution is -0.120. The average molecular weight is 263 g/mol. The van der Waals surface area contributed by atoms with Gasteiger partial charge in [-0.15, -0.1) is 0 Å². The molecule has 1 aromatic rings. The Labute approximate surface area is 110 Å². The fourth-order valence-electron chi connectivity index (χ4n) is 1.57. The van der Waals surface area contributed by atoms with Gasteiger partial charge >= 0.3 is 0 Å². The van der Waals surface area contributed by atoms with Crippen molar-refractivity contribution in [3.63, 3.8) is 0 Å². The molecule has 1 saturated carbocycles. The summed E-state index contributed by atoms with van der Waals surface area (Å²) in [5.74, 6) is -0.246. The summed E-state index contributed by atoms with van der Waals surface area (Å²) >= 11 is 0. The summed E-state index contributed by atoms with van der Waals surface area (Å²) in [6.45, 7) is 0.401. The largest absolute Gasteiger partial charge is 0.396 e. The average Bonchev–Trinajstić information content (AvgIpc) is 3.15. The predicted molar refractivity (Wildman–Crippen MR) is 71.4 cm³/mol. The SMILES string of the molecule is NC(=O)c1ccc(N)c(NCCC(=O)NC2CC2)n1. The first kappa shape index (κ1) is 13.1. The fraction of sp³-hybridized carbons (Fsp3) is 0.417. The Balaban J connectivity index is 1.85. The number of nitrogens with zero attached hydrogens (tertiary/aromatic N) is 1. The first-order chi connectivity index (χ1) is 9.06. The maximum Gasteiger partial charge on any atom is 0.267 e. The Hall–Kier alpha value is -2.31. The molecular formula is C12H17N5O2. The molecule has 2 amide bonds. The van der Waals surface area contributed by atoms with E-state index in [9.17, 15) is 9.59 Å². The number of nitrogens with two attached hydrogens (primary N) is 2. The number of anilines is 2. The second-order valence-corrected chi connectivity index (χ2v) is 4.52. The van der Waals surface area contributed by atoms with Crippen LogP contribution in [0.15, 0.2) is 12.1 Å². The lowest BCUT2D eigenvalue weighted by atomic mass is 10.3. The zero-order valence-corrected chi connectivity index (χ0v) is 10.5. The van der Waals surface area contributed by atoms with E-state index in [0.717, 1.165) is 12.8 Å². The van der Waals surface area contributed by atoms with Gasteiger partial charge in [-0.05, 0) is 25.0 Å². The van der Waals surface area contributed by atoms with Crippen LogP contribution in [0.2, 0.25) is 0 Å². The third-order valence-electron chi connectivity index (χ3n) is 2.77. The first-order valence-electron chi connectivity index (χ1n) is 6.16. The van der Waals surface area contributed by atoms with E-state index in [2.05, 4.69) is 15.6 Å². The molecule has 6 N–H and O–H groups in total. The molecule has 0 aliphatic heterocycles. The highest BCUT2D eigenvalue weighted by atomic mass is 16.2. The number of rotatable bonds is 6. The normalized spacial score (nSPS) is 13.9. The monoisotopic (exact) mass is 263 g/mol. The van der Waals surface area contributed by atoms with Crippen LogP contribution in [-0.2, 0) is 4.79 Å². The van der Waals surface area contributed by atoms with Crippen LogP contribution in [0.1, 0.15) is 29.8 Å². The number of amides is 2. The van der Waals surface area contributed by atoms with E-state index in [4.69, 9.17) is 11.5 Å². The van der Waals surface area contributed by atoms with Crippen molar-refractivity contribution in [1.82, 2.24) is 10.3 Å². The molecule has 0 saturated heterocycles. The van der Waals surface area contributed by atoms with E-state index in [1.807, 2.05) is 0 Å². The van der Waals surface area contributed by atoms with Gasteiger partial charge in [0.2, 0.25) is 5.91 Å². The van der Waals surface area contributed by atoms with E-state index in [1.165, 1.54) is 6.07 Å². The Morgan fingerprint density at radius 1 is 1.37 bits per heavy atom. The van der Waals surface area contributed by atoms with Crippen LogP contribution in [0.25, 0.3) is 0 Å². The van der Waals surface area contributed by atoms with Gasteiger partial charge in [0.25, 0.3) is 5.91 Å². The number of primary amides is 1. The minimum absolute atomic E-state index is 0.000345. The van der Waals surface area contributed by atoms with E-state index in [-0.39, 0.29) is 11.6 Å². The summed E-state index contributed by atoms with van der Waals surface area (Å²) in [4.78, 5) is 26.5. The van der Waals surface area contributed by atoms with Crippen LogP contribution in [0.4, 0.5) is 11.5 Å². The van der Waals surface area contributed by atoms with Crippen LogP contribution in [0, 0.1) is 0 Å². The second kappa shape index (κ2) is 5.55. The van der Waals surface area contributed by atoms with Crippen molar-refractivity contribution >= 4 is 23.3 Å². The number of hydrogen-bond acceptors (Lipinski definition) is 5. The molecule has 0 spiro atoms. The minimum atomic E-state index is -0.616. The van der Waals surface area contributed by atoms with Crippen LogP contribution in [0.3, 0.4) is 0 Å². The van der Waals surface area contributed by atoms with Gasteiger partial charge in [0.15, 0.2) is 0 Å². The molecular weight excluding hydrogens is 246 g/mol. The first-order valence-corrected chi connectivity index (χ1v) is 6.16. The number of nitrogen functional groups attached to an aromatic ring is 1. The van der Waals surface area contributed by atoms with Gasteiger partial charge in [0.05, 0.1) is 5.69 Å². The fourth-order valence-corrected chi connectivity index (χ4v) is 1.57. The summed E-state index contributed by atoms with van der Waals surface area (Å²) < 4.78 is 0. The molecule has 7 nitrogen and oxygen atoms in total. The zero-order chi connectivity index (χ0) is 13.8. The highest BCUT2D eigenvalue weighted by Crippen LogP contribution is 2.19. The maximum absolute atomic E-state index is 11.5. The molecule has 0 radical (unpaired) electrons. The second-order valence-electron chi connectivity index (χ2n) is 4.52. The predicted octanol–water partition coefficient (Wildman–Crippen LogP) is -0.157. The number of carbonyl (C=O) groups is 2. The molecule has 0 atom stereocenters. The summed E-state index contributed by atoms with van der Waals surface area (Å²) in [7, 11) is 0. The number of hydrogen-bond donors (Lipinski definition) is 4. The van der Waals surface area contributed by atoms with Gasteiger partial charge in [-0.2, -0.15) is 0 Å². The van der Waals surface area contributed by atoms with Crippen molar-refractivity contribution in [2.75, 3.05) is 17.6 Å². The maximum atomic E-state index is 11.5. The zero-order valence-electron chi connectivity index (χ0n) is 10.5. The van der Waals surface area contributed by atoms with E-state index in [1.54, 1.807) is 6.07 Å². The van der Waals surface area contributed by atoms with Gasteiger partial charge in [0.1, 0.15) is 11.5 Å². The molecule has 1 aliphatic carbocycles. The Morgan fingerprint density at radius 2 is 2.11 bits per heavy atom. The Morgan fingerprint density at radius 3 is 2.74 bits per heavy atom. The van der Waals surface area contributed by atoms with Gasteiger partial charge in [-0.25, -0.2) is 4.98 Å². The van der Waals surface area contributed by atoms with Gasteiger partial charge in [-0.1, -0.05) is 0 Å². The number of aromatic nitrogens is 1. The molecule has 1 aromatic heterocycles. The molecule has 102 valence electrons. The topological polar surface area (TPSA) is 123 Å². The van der Waals surface area contributed by atoms with Crippen LogP contribution in [-0.4, -0.2) is 29.4 Å². The van der Waals surface area contributed by atoms with Gasteiger partial charge in [-0.3, -0.25) is 9.59 Å². The summed E-state index contributed by atoms with van der Waals surface area (Å²) in [5.41, 5.74) is 11.4. The van der Waals surface area contributed by atoms with E-state index < -0.39 is 5.91 Å². The molecule has 0 unspecified atom stereocenters. The molecule has 7 heteroatoms. The summed E-state index contributed by atoms with van der Waals surface area (Å²) in [5, 5.41) is 5.81. The molecule has 1 fully saturated rings. The third kappa shape index (κ3) is 3.84. The molecule has 0 aromatic carbocycles. The van der Waals surface area contributed by atoms with E-state index in [0.29, 0.717) is 30.5 Å². The number of nitrogens with one attached hydrogen (secondary N) is 2. The van der Waals surface area contributed by atoms with Crippen molar-refractivity contribution < 1.29 is 9.59 Å². The Kier molecular flexibility index (Phi) is 3.84. The van der Waals surface area contributed by atoms with Crippen molar-refractivity contribution in [3.05, 3.63) is 17.8 Å². The third-order valence-corrected chi connectivity index (χ3v) is 2.77. The smallest absolute Gasteiger partial charge is 0.267 e. The van der Waals surface area contributed by atoms with Gasteiger partial charge < -0.3 is 22.1 Å². The summed E-state index contributed by atoms with van der Waals surface area (Å²) in [6, 6.07) is 3.37. The lowest BCUT2D eigenvalue weighted by Crippen LogP contribution is -2.27. The Bertz CT molecular complexity index is 499. The molecule has 1 aliphatic rings. The molecule has 0 bridgehead atoms. The van der Waals surface area contributed by atoms with Crippen molar-refractivity contribution in [2.45, 2.75) is 25.3 Å². The van der Waals surface area contributed by atoms with Crippen LogP contribution < -0.4 is 22.1 Å². The quantitative estimate of drug-likeness (QED) is 0.568. The van der Waals surface area contributed by atoms with Crippen molar-refractivity contribution in [3.8, 4) is 0 Å². The minimum Gasteiger partial charge on any atom is -0.396 e. The standard InChI is InChI=1S/C12H17N5O2/c13-8-3-4-9(11(14)19)17-12(8)15-6-5-10(18)16-7-1-2-7/h3-4,7H,1-2,5-6,13H2,(H2,14,19)(H,15,17)(H,16,18). The van der Waals surface area contributed by atoms with Crippen molar-refractivity contribution in [1.29, 1.82) is 0 Å². The highest BCUT2D eigenvalue weighted by molar-refractivity contribution is 5.91. The van der Waals surface area contributed by atoms with Gasteiger partial charge in [0, 0.05) is 19.0 Å². The number of pyridine rings is 1. The lowest BCUT2D eigenvalue weighted by Gasteiger charge is -2.09. The van der Waals surface area contributed by atoms with Crippen molar-refractivity contribution in [2.24, 2.45) is 5.73 Å². The van der Waals surface area contributed by atoms with Crippen LogP contribution in [0.5, 0.6) is 0 Å². The number of carbonyl (C=O) groups excluding carboxylic acids is 2. The van der Waals surface area contributed by atoms with Crippen LogP contribution >= 0.6 is 0 Å².